The smallest absolute Gasteiger partial charge is 0.325 e. The van der Waals surface area contributed by atoms with Crippen LogP contribution in [0.1, 0.15) is 22.3 Å². The summed E-state index contributed by atoms with van der Waals surface area (Å²) >= 11 is 0. The van der Waals surface area contributed by atoms with Gasteiger partial charge in [-0.3, -0.25) is 9.36 Å². The molecule has 0 saturated heterocycles. The van der Waals surface area contributed by atoms with E-state index in [2.05, 4.69) is 5.32 Å². The highest BCUT2D eigenvalue weighted by Crippen LogP contribution is 2.53. The fourth-order valence-electron chi connectivity index (χ4n) is 4.53. The van der Waals surface area contributed by atoms with Gasteiger partial charge in [0.2, 0.25) is 5.91 Å². The summed E-state index contributed by atoms with van der Waals surface area (Å²) in [4.78, 5) is 34.1. The molecule has 0 aromatic heterocycles. The monoisotopic (exact) mass is 481 g/mol. The molecule has 5 aromatic rings. The molecule has 0 bridgehead atoms. The molecule has 0 aliphatic heterocycles. The summed E-state index contributed by atoms with van der Waals surface area (Å²) in [5.41, 5.74) is 1.14. The first-order valence-corrected chi connectivity index (χ1v) is 13.0. The second-order valence-corrected chi connectivity index (χ2v) is 10.3. The van der Waals surface area contributed by atoms with Gasteiger partial charge in [-0.25, -0.2) is 0 Å². The first-order chi connectivity index (χ1) is 16.9. The largest absolute Gasteiger partial charge is 0.342 e. The van der Waals surface area contributed by atoms with Crippen molar-refractivity contribution < 1.29 is 19.1 Å². The fourth-order valence-corrected chi connectivity index (χ4v) is 5.49. The number of anilines is 1. The zero-order chi connectivity index (χ0) is 24.4. The van der Waals surface area contributed by atoms with E-state index in [0.717, 1.165) is 27.3 Å². The van der Waals surface area contributed by atoms with E-state index in [0.29, 0.717) is 23.1 Å². The van der Waals surface area contributed by atoms with Crippen molar-refractivity contribution in [2.24, 2.45) is 0 Å². The van der Waals surface area contributed by atoms with Crippen LogP contribution in [0.4, 0.5) is 5.69 Å². The third-order valence-corrected chi connectivity index (χ3v) is 7.35. The van der Waals surface area contributed by atoms with Crippen LogP contribution < -0.4 is 5.32 Å². The molecule has 0 aliphatic rings. The molecule has 0 saturated carbocycles. The molecule has 5 nitrogen and oxygen atoms in total. The van der Waals surface area contributed by atoms with Crippen molar-refractivity contribution in [2.75, 3.05) is 5.32 Å². The van der Waals surface area contributed by atoms with E-state index in [1.807, 2.05) is 84.9 Å². The Morgan fingerprint density at radius 1 is 0.743 bits per heavy atom. The molecule has 0 fully saturated rings. The van der Waals surface area contributed by atoms with Gasteiger partial charge in [-0.1, -0.05) is 97.1 Å². The molecule has 0 spiro atoms. The molecule has 3 N–H and O–H groups in total. The molecule has 35 heavy (non-hydrogen) atoms. The third kappa shape index (κ3) is 4.89. The molecule has 0 heterocycles. The Labute approximate surface area is 203 Å². The van der Waals surface area contributed by atoms with Crippen LogP contribution in [-0.4, -0.2) is 15.7 Å². The van der Waals surface area contributed by atoms with E-state index in [-0.39, 0.29) is 0 Å². The van der Waals surface area contributed by atoms with Crippen LogP contribution >= 0.6 is 7.60 Å². The number of rotatable bonds is 6. The maximum atomic E-state index is 13.5. The molecule has 0 radical (unpaired) electrons. The average Bonchev–Trinajstić information content (AvgIpc) is 2.84. The predicted molar refractivity (Wildman–Crippen MR) is 141 cm³/mol. The highest BCUT2D eigenvalue weighted by atomic mass is 31.2. The molecular weight excluding hydrogens is 457 g/mol. The molecule has 1 amide bonds. The van der Waals surface area contributed by atoms with Gasteiger partial charge in [-0.2, -0.15) is 0 Å². The summed E-state index contributed by atoms with van der Waals surface area (Å²) < 4.78 is 12.6. The number of benzene rings is 5. The van der Waals surface area contributed by atoms with E-state index in [1.54, 1.807) is 24.3 Å². The Hall–Kier alpha value is -3.76. The van der Waals surface area contributed by atoms with E-state index in [4.69, 9.17) is 0 Å². The van der Waals surface area contributed by atoms with Crippen molar-refractivity contribution in [3.63, 3.8) is 0 Å². The molecule has 6 heteroatoms. The summed E-state index contributed by atoms with van der Waals surface area (Å²) in [6.45, 7) is 0. The lowest BCUT2D eigenvalue weighted by Crippen LogP contribution is -2.22. The molecule has 174 valence electrons. The molecule has 5 rings (SSSR count). The van der Waals surface area contributed by atoms with E-state index < -0.39 is 19.2 Å². The summed E-state index contributed by atoms with van der Waals surface area (Å²) in [5.74, 6) is -0.737. The van der Waals surface area contributed by atoms with E-state index in [1.165, 1.54) is 0 Å². The normalized spacial score (nSPS) is 12.5. The molecule has 0 aliphatic carbocycles. The Bertz CT molecular complexity index is 1570. The van der Waals surface area contributed by atoms with E-state index >= 15 is 0 Å². The van der Waals surface area contributed by atoms with Crippen molar-refractivity contribution in [1.82, 2.24) is 0 Å². The lowest BCUT2D eigenvalue weighted by Gasteiger charge is -2.21. The summed E-state index contributed by atoms with van der Waals surface area (Å²) in [6.07, 6.45) is 0.566. The van der Waals surface area contributed by atoms with Gasteiger partial charge >= 0.3 is 7.60 Å². The van der Waals surface area contributed by atoms with Gasteiger partial charge in [0.25, 0.3) is 0 Å². The number of fused-ring (bicyclic) bond motifs is 2. The van der Waals surface area contributed by atoms with Gasteiger partial charge in [0.15, 0.2) is 5.66 Å². The van der Waals surface area contributed by atoms with Crippen LogP contribution in [0.25, 0.3) is 21.5 Å². The first kappa shape index (κ1) is 23.0. The van der Waals surface area contributed by atoms with Gasteiger partial charge < -0.3 is 15.1 Å². The van der Waals surface area contributed by atoms with Crippen LogP contribution in [0.5, 0.6) is 0 Å². The molecule has 5 aromatic carbocycles. The SMILES string of the molecule is O=C(Nc1cc2ccccc2cc1Cc1ccccc1)C(c1cccc2ccccc12)P(=O)(O)O. The summed E-state index contributed by atoms with van der Waals surface area (Å²) in [7, 11) is -4.84. The maximum absolute atomic E-state index is 13.5. The Morgan fingerprint density at radius 2 is 1.34 bits per heavy atom. The third-order valence-electron chi connectivity index (χ3n) is 6.17. The first-order valence-electron chi connectivity index (χ1n) is 11.3. The highest BCUT2D eigenvalue weighted by molar-refractivity contribution is 7.53. The highest BCUT2D eigenvalue weighted by Gasteiger charge is 2.38. The Kier molecular flexibility index (Phi) is 6.23. The number of carbonyl (C=O) groups is 1. The topological polar surface area (TPSA) is 86.6 Å². The summed E-state index contributed by atoms with van der Waals surface area (Å²) in [6, 6.07) is 34.0. The van der Waals surface area contributed by atoms with Crippen molar-refractivity contribution in [2.45, 2.75) is 12.1 Å². The quantitative estimate of drug-likeness (QED) is 0.244. The van der Waals surface area contributed by atoms with Gasteiger partial charge in [-0.05, 0) is 56.8 Å². The predicted octanol–water partition coefficient (Wildman–Crippen LogP) is 6.44. The lowest BCUT2D eigenvalue weighted by atomic mass is 9.98. The van der Waals surface area contributed by atoms with E-state index in [9.17, 15) is 19.1 Å². The van der Waals surface area contributed by atoms with Crippen molar-refractivity contribution in [3.8, 4) is 0 Å². The number of carbonyl (C=O) groups excluding carboxylic acids is 1. The molecule has 1 atom stereocenters. The maximum Gasteiger partial charge on any atom is 0.342 e. The fraction of sp³-hybridized carbons (Fsp3) is 0.0690. The second kappa shape index (κ2) is 9.47. The lowest BCUT2D eigenvalue weighted by molar-refractivity contribution is -0.116. The van der Waals surface area contributed by atoms with Gasteiger partial charge in [0.05, 0.1) is 0 Å². The van der Waals surface area contributed by atoms with Crippen molar-refractivity contribution in [1.29, 1.82) is 0 Å². The Balaban J connectivity index is 1.58. The van der Waals surface area contributed by atoms with Crippen LogP contribution in [0, 0.1) is 0 Å². The van der Waals surface area contributed by atoms with Gasteiger partial charge in [-0.15, -0.1) is 0 Å². The minimum absolute atomic E-state index is 0.305. The van der Waals surface area contributed by atoms with Crippen molar-refractivity contribution >= 4 is 40.7 Å². The standard InChI is InChI=1S/C29H24NO4P/c31-29(28(35(32,33)34)26-16-8-14-21-11-6-7-15-25(21)26)30-27-19-23-13-5-4-12-22(23)18-24(27)17-20-9-2-1-3-10-20/h1-16,18-19,28H,17H2,(H,30,31)(H2,32,33,34). The Morgan fingerprint density at radius 3 is 2.06 bits per heavy atom. The van der Waals surface area contributed by atoms with Gasteiger partial charge in [0.1, 0.15) is 0 Å². The average molecular weight is 481 g/mol. The second-order valence-electron chi connectivity index (χ2n) is 8.57. The molecule has 1 unspecified atom stereocenters. The number of hydrogen-bond donors (Lipinski definition) is 3. The van der Waals surface area contributed by atoms with Gasteiger partial charge in [0, 0.05) is 5.69 Å². The van der Waals surface area contributed by atoms with Crippen molar-refractivity contribution in [3.05, 3.63) is 126 Å². The number of amides is 1. The summed E-state index contributed by atoms with van der Waals surface area (Å²) in [5, 5.41) is 6.27. The van der Waals surface area contributed by atoms with Crippen LogP contribution in [-0.2, 0) is 15.8 Å². The number of nitrogens with one attached hydrogen (secondary N) is 1. The molecular formula is C29H24NO4P. The minimum Gasteiger partial charge on any atom is -0.325 e. The van der Waals surface area contributed by atoms with Crippen LogP contribution in [0.15, 0.2) is 109 Å². The zero-order valence-corrected chi connectivity index (χ0v) is 19.7. The minimum atomic E-state index is -4.84. The van der Waals surface area contributed by atoms with Crippen LogP contribution in [0.2, 0.25) is 0 Å². The number of hydrogen-bond acceptors (Lipinski definition) is 2. The van der Waals surface area contributed by atoms with Crippen LogP contribution in [0.3, 0.4) is 0 Å². The zero-order valence-electron chi connectivity index (χ0n) is 18.8.